The van der Waals surface area contributed by atoms with Crippen molar-refractivity contribution in [3.05, 3.63) is 107 Å². The first-order chi connectivity index (χ1) is 18.8. The van der Waals surface area contributed by atoms with Crippen LogP contribution in [0.4, 0.5) is 5.69 Å². The third-order valence-corrected chi connectivity index (χ3v) is 6.87. The molecule has 39 heavy (non-hydrogen) atoms. The SMILES string of the molecule is COc1ccc(NC(=O)C(c2ccc(Cl)cc2)N(Cc2cccnc2)C(=O)CSc2nc(C)cc(C)n2)cc1. The molecular weight excluding hydrogens is 534 g/mol. The van der Waals surface area contributed by atoms with E-state index in [-0.39, 0.29) is 24.1 Å². The lowest BCUT2D eigenvalue weighted by Crippen LogP contribution is -2.41. The zero-order valence-corrected chi connectivity index (χ0v) is 23.4. The van der Waals surface area contributed by atoms with Crippen molar-refractivity contribution in [3.63, 3.8) is 0 Å². The van der Waals surface area contributed by atoms with Crippen LogP contribution >= 0.6 is 23.4 Å². The van der Waals surface area contributed by atoms with Crippen molar-refractivity contribution in [2.24, 2.45) is 0 Å². The normalized spacial score (nSPS) is 11.5. The Morgan fingerprint density at radius 1 is 1.03 bits per heavy atom. The molecule has 2 aromatic heterocycles. The second-order valence-corrected chi connectivity index (χ2v) is 10.2. The highest BCUT2D eigenvalue weighted by Crippen LogP contribution is 2.28. The van der Waals surface area contributed by atoms with Gasteiger partial charge in [0.2, 0.25) is 5.91 Å². The predicted octanol–water partition coefficient (Wildman–Crippen LogP) is 5.65. The Kier molecular flexibility index (Phi) is 9.51. The third kappa shape index (κ3) is 7.78. The Labute approximate surface area is 236 Å². The van der Waals surface area contributed by atoms with E-state index < -0.39 is 6.04 Å². The summed E-state index contributed by atoms with van der Waals surface area (Å²) in [4.78, 5) is 42.3. The molecule has 0 fully saturated rings. The molecule has 1 unspecified atom stereocenters. The Bertz CT molecular complexity index is 1400. The average molecular weight is 562 g/mol. The molecule has 1 N–H and O–H groups in total. The van der Waals surface area contributed by atoms with Crippen molar-refractivity contribution in [2.75, 3.05) is 18.2 Å². The van der Waals surface area contributed by atoms with E-state index in [1.54, 1.807) is 79.0 Å². The second-order valence-electron chi connectivity index (χ2n) is 8.78. The van der Waals surface area contributed by atoms with Crippen molar-refractivity contribution in [3.8, 4) is 5.75 Å². The van der Waals surface area contributed by atoms with Gasteiger partial charge in [0.05, 0.1) is 12.9 Å². The fraction of sp³-hybridized carbons (Fsp3) is 0.207. The molecule has 0 aliphatic rings. The molecule has 2 aromatic carbocycles. The number of thioether (sulfide) groups is 1. The van der Waals surface area contributed by atoms with Gasteiger partial charge in [-0.25, -0.2) is 9.97 Å². The Morgan fingerprint density at radius 3 is 2.33 bits per heavy atom. The number of carbonyl (C=O) groups excluding carboxylic acids is 2. The number of carbonyl (C=O) groups is 2. The molecule has 10 heteroatoms. The van der Waals surface area contributed by atoms with E-state index in [0.717, 1.165) is 17.0 Å². The molecule has 0 aliphatic carbocycles. The van der Waals surface area contributed by atoms with Gasteiger partial charge in [-0.05, 0) is 73.5 Å². The number of halogens is 1. The minimum atomic E-state index is -0.946. The largest absolute Gasteiger partial charge is 0.497 e. The summed E-state index contributed by atoms with van der Waals surface area (Å²) in [5.74, 6) is 0.0911. The number of benzene rings is 2. The summed E-state index contributed by atoms with van der Waals surface area (Å²) in [6.45, 7) is 3.94. The van der Waals surface area contributed by atoms with Crippen molar-refractivity contribution < 1.29 is 14.3 Å². The molecule has 0 radical (unpaired) electrons. The minimum absolute atomic E-state index is 0.0447. The zero-order chi connectivity index (χ0) is 27.8. The standard InChI is InChI=1S/C29H28ClN5O3S/c1-19-15-20(2)33-29(32-19)39-18-26(36)35(17-21-5-4-14-31-16-21)27(22-6-8-23(30)9-7-22)28(37)34-24-10-12-25(38-3)13-11-24/h4-16,27H,17-18H2,1-3H3,(H,34,37). The Balaban J connectivity index is 1.67. The van der Waals surface area contributed by atoms with Crippen LogP contribution in [-0.4, -0.2) is 44.5 Å². The van der Waals surface area contributed by atoms with E-state index in [1.807, 2.05) is 26.0 Å². The Hall–Kier alpha value is -3.95. The van der Waals surface area contributed by atoms with E-state index in [1.165, 1.54) is 11.8 Å². The molecule has 2 heterocycles. The highest BCUT2D eigenvalue weighted by Gasteiger charge is 2.32. The molecule has 1 atom stereocenters. The van der Waals surface area contributed by atoms with Crippen molar-refractivity contribution >= 4 is 40.9 Å². The number of anilines is 1. The lowest BCUT2D eigenvalue weighted by Gasteiger charge is -2.31. The van der Waals surface area contributed by atoms with Crippen LogP contribution < -0.4 is 10.1 Å². The maximum absolute atomic E-state index is 13.8. The number of aryl methyl sites for hydroxylation is 2. The molecule has 2 amide bonds. The number of hydrogen-bond acceptors (Lipinski definition) is 7. The van der Waals surface area contributed by atoms with E-state index in [0.29, 0.717) is 27.2 Å². The van der Waals surface area contributed by atoms with Gasteiger partial charge in [0.1, 0.15) is 11.8 Å². The van der Waals surface area contributed by atoms with Crippen LogP contribution in [0.15, 0.2) is 84.3 Å². The highest BCUT2D eigenvalue weighted by molar-refractivity contribution is 7.99. The number of methoxy groups -OCH3 is 1. The molecule has 4 aromatic rings. The quantitative estimate of drug-likeness (QED) is 0.197. The van der Waals surface area contributed by atoms with Crippen LogP contribution in [0, 0.1) is 13.8 Å². The number of rotatable bonds is 10. The highest BCUT2D eigenvalue weighted by atomic mass is 35.5. The van der Waals surface area contributed by atoms with Gasteiger partial charge in [-0.1, -0.05) is 41.6 Å². The van der Waals surface area contributed by atoms with Crippen LogP contribution in [-0.2, 0) is 16.1 Å². The number of aromatic nitrogens is 3. The minimum Gasteiger partial charge on any atom is -0.497 e. The molecular formula is C29H28ClN5O3S. The summed E-state index contributed by atoms with van der Waals surface area (Å²) in [5.41, 5.74) is 3.63. The van der Waals surface area contributed by atoms with Crippen molar-refractivity contribution in [2.45, 2.75) is 31.6 Å². The van der Waals surface area contributed by atoms with E-state index in [2.05, 4.69) is 20.3 Å². The molecule has 4 rings (SSSR count). The number of hydrogen-bond donors (Lipinski definition) is 1. The summed E-state index contributed by atoms with van der Waals surface area (Å²) < 4.78 is 5.22. The molecule has 200 valence electrons. The van der Waals surface area contributed by atoms with Gasteiger partial charge >= 0.3 is 0 Å². The molecule has 0 saturated heterocycles. The topological polar surface area (TPSA) is 97.3 Å². The molecule has 8 nitrogen and oxygen atoms in total. The van der Waals surface area contributed by atoms with Crippen molar-refractivity contribution in [1.82, 2.24) is 19.9 Å². The summed E-state index contributed by atoms with van der Waals surface area (Å²) in [6.07, 6.45) is 3.34. The number of ether oxygens (including phenoxy) is 1. The van der Waals surface area contributed by atoms with Gasteiger partial charge in [0.15, 0.2) is 5.16 Å². The first kappa shape index (κ1) is 28.1. The lowest BCUT2D eigenvalue weighted by molar-refractivity contribution is -0.137. The molecule has 0 spiro atoms. The maximum atomic E-state index is 13.8. The fourth-order valence-electron chi connectivity index (χ4n) is 3.98. The fourth-order valence-corrected chi connectivity index (χ4v) is 4.94. The first-order valence-electron chi connectivity index (χ1n) is 12.2. The molecule has 0 saturated carbocycles. The van der Waals surface area contributed by atoms with Crippen LogP contribution in [0.5, 0.6) is 5.75 Å². The summed E-state index contributed by atoms with van der Waals surface area (Å²) in [6, 6.07) is 18.5. The molecule has 0 aliphatic heterocycles. The van der Waals surface area contributed by atoms with Crippen LogP contribution in [0.25, 0.3) is 0 Å². The summed E-state index contributed by atoms with van der Waals surface area (Å²) in [7, 11) is 1.58. The zero-order valence-electron chi connectivity index (χ0n) is 21.8. The third-order valence-electron chi connectivity index (χ3n) is 5.79. The van der Waals surface area contributed by atoms with Crippen LogP contribution in [0.1, 0.15) is 28.6 Å². The van der Waals surface area contributed by atoms with Gasteiger partial charge in [0.25, 0.3) is 5.91 Å². The predicted molar refractivity (Wildman–Crippen MR) is 153 cm³/mol. The van der Waals surface area contributed by atoms with Crippen LogP contribution in [0.2, 0.25) is 5.02 Å². The Morgan fingerprint density at radius 2 is 1.72 bits per heavy atom. The molecule has 0 bridgehead atoms. The van der Waals surface area contributed by atoms with Crippen LogP contribution in [0.3, 0.4) is 0 Å². The number of nitrogens with one attached hydrogen (secondary N) is 1. The van der Waals surface area contributed by atoms with Gasteiger partial charge in [-0.2, -0.15) is 0 Å². The van der Waals surface area contributed by atoms with Crippen molar-refractivity contribution in [1.29, 1.82) is 0 Å². The maximum Gasteiger partial charge on any atom is 0.251 e. The average Bonchev–Trinajstić information content (AvgIpc) is 2.93. The number of amides is 2. The second kappa shape index (κ2) is 13.2. The van der Waals surface area contributed by atoms with E-state index >= 15 is 0 Å². The van der Waals surface area contributed by atoms with E-state index in [4.69, 9.17) is 16.3 Å². The van der Waals surface area contributed by atoms with Gasteiger partial charge < -0.3 is 15.0 Å². The smallest absolute Gasteiger partial charge is 0.251 e. The first-order valence-corrected chi connectivity index (χ1v) is 13.5. The van der Waals surface area contributed by atoms with Gasteiger partial charge in [0, 0.05) is 41.0 Å². The van der Waals surface area contributed by atoms with Gasteiger partial charge in [-0.3, -0.25) is 14.6 Å². The van der Waals surface area contributed by atoms with E-state index in [9.17, 15) is 9.59 Å². The summed E-state index contributed by atoms with van der Waals surface area (Å²) in [5, 5.41) is 3.98. The monoisotopic (exact) mass is 561 g/mol. The lowest BCUT2D eigenvalue weighted by atomic mass is 10.0. The number of nitrogens with zero attached hydrogens (tertiary/aromatic N) is 4. The van der Waals surface area contributed by atoms with Gasteiger partial charge in [-0.15, -0.1) is 0 Å². The summed E-state index contributed by atoms with van der Waals surface area (Å²) >= 11 is 7.39. The number of pyridine rings is 1.